The van der Waals surface area contributed by atoms with E-state index in [1.165, 1.54) is 12.8 Å². The van der Waals surface area contributed by atoms with Gasteiger partial charge in [0.25, 0.3) is 0 Å². The first-order valence-corrected chi connectivity index (χ1v) is 6.98. The summed E-state index contributed by atoms with van der Waals surface area (Å²) < 4.78 is 0.935. The summed E-state index contributed by atoms with van der Waals surface area (Å²) in [5.41, 5.74) is 2.01. The van der Waals surface area contributed by atoms with E-state index in [1.807, 2.05) is 25.1 Å². The first-order valence-electron chi connectivity index (χ1n) is 6.19. The van der Waals surface area contributed by atoms with Crippen molar-refractivity contribution in [2.45, 2.75) is 46.0 Å². The molecule has 1 rings (SSSR count). The molecule has 0 fully saturated rings. The quantitative estimate of drug-likeness (QED) is 0.760. The minimum Gasteiger partial charge on any atom is -0.325 e. The van der Waals surface area contributed by atoms with Crippen molar-refractivity contribution in [1.29, 1.82) is 0 Å². The third kappa shape index (κ3) is 5.35. The van der Waals surface area contributed by atoms with Gasteiger partial charge in [0.1, 0.15) is 0 Å². The smallest absolute Gasteiger partial charge is 0.224 e. The van der Waals surface area contributed by atoms with Crippen molar-refractivity contribution in [2.75, 3.05) is 5.32 Å². The number of carbonyl (C=O) groups is 1. The van der Waals surface area contributed by atoms with Gasteiger partial charge in [-0.1, -0.05) is 32.3 Å². The molecule has 1 aromatic rings. The first-order chi connectivity index (χ1) is 8.13. The molecule has 94 valence electrons. The molecule has 0 heterocycles. The fourth-order valence-corrected chi connectivity index (χ4v) is 2.01. The maximum absolute atomic E-state index is 11.7. The van der Waals surface area contributed by atoms with Crippen LogP contribution in [-0.4, -0.2) is 5.91 Å². The van der Waals surface area contributed by atoms with E-state index in [4.69, 9.17) is 0 Å². The number of benzene rings is 1. The van der Waals surface area contributed by atoms with Crippen molar-refractivity contribution in [3.8, 4) is 0 Å². The van der Waals surface area contributed by atoms with Gasteiger partial charge in [0.05, 0.1) is 5.69 Å². The van der Waals surface area contributed by atoms with Crippen molar-refractivity contribution in [2.24, 2.45) is 0 Å². The minimum atomic E-state index is 0.104. The molecule has 17 heavy (non-hydrogen) atoms. The van der Waals surface area contributed by atoms with Gasteiger partial charge in [-0.2, -0.15) is 0 Å². The number of hydrogen-bond acceptors (Lipinski definition) is 1. The van der Waals surface area contributed by atoms with Crippen molar-refractivity contribution >= 4 is 27.5 Å². The predicted octanol–water partition coefficient (Wildman–Crippen LogP) is 4.67. The number of unbranched alkanes of at least 4 members (excludes halogenated alkanes) is 3. The summed E-state index contributed by atoms with van der Waals surface area (Å²) in [6.07, 6.45) is 5.13. The van der Waals surface area contributed by atoms with Crippen LogP contribution in [0.2, 0.25) is 0 Å². The highest BCUT2D eigenvalue weighted by Gasteiger charge is 2.05. The second-order valence-corrected chi connectivity index (χ2v) is 5.20. The minimum absolute atomic E-state index is 0.104. The average Bonchev–Trinajstić information content (AvgIpc) is 2.29. The molecule has 0 aliphatic heterocycles. The fourth-order valence-electron chi connectivity index (χ4n) is 1.66. The summed E-state index contributed by atoms with van der Waals surface area (Å²) in [7, 11) is 0. The first kappa shape index (κ1) is 14.2. The maximum Gasteiger partial charge on any atom is 0.224 e. The van der Waals surface area contributed by atoms with E-state index in [0.717, 1.165) is 28.6 Å². The van der Waals surface area contributed by atoms with Crippen LogP contribution in [0.5, 0.6) is 0 Å². The highest BCUT2D eigenvalue weighted by molar-refractivity contribution is 9.10. The lowest BCUT2D eigenvalue weighted by atomic mass is 10.1. The summed E-state index contributed by atoms with van der Waals surface area (Å²) in [4.78, 5) is 11.7. The molecule has 0 saturated carbocycles. The number of halogens is 1. The molecular formula is C14H20BrNO. The van der Waals surface area contributed by atoms with E-state index in [1.54, 1.807) is 0 Å². The summed E-state index contributed by atoms with van der Waals surface area (Å²) >= 11 is 3.44. The van der Waals surface area contributed by atoms with Gasteiger partial charge in [0.2, 0.25) is 5.91 Å². The zero-order valence-corrected chi connectivity index (χ0v) is 12.1. The van der Waals surface area contributed by atoms with E-state index >= 15 is 0 Å². The number of hydrogen-bond donors (Lipinski definition) is 1. The molecule has 0 radical (unpaired) electrons. The zero-order chi connectivity index (χ0) is 12.7. The topological polar surface area (TPSA) is 29.1 Å². The SMILES string of the molecule is CCCCCCC(=O)Nc1cc(C)ccc1Br. The molecule has 1 N–H and O–H groups in total. The second-order valence-electron chi connectivity index (χ2n) is 4.34. The molecular weight excluding hydrogens is 278 g/mol. The maximum atomic E-state index is 11.7. The Morgan fingerprint density at radius 1 is 1.29 bits per heavy atom. The van der Waals surface area contributed by atoms with E-state index in [9.17, 15) is 4.79 Å². The Bertz CT molecular complexity index is 376. The normalized spacial score (nSPS) is 10.3. The highest BCUT2D eigenvalue weighted by atomic mass is 79.9. The Morgan fingerprint density at radius 2 is 2.06 bits per heavy atom. The van der Waals surface area contributed by atoms with Gasteiger partial charge in [-0.05, 0) is 47.0 Å². The lowest BCUT2D eigenvalue weighted by Gasteiger charge is -2.08. The van der Waals surface area contributed by atoms with E-state index in [2.05, 4.69) is 28.2 Å². The van der Waals surface area contributed by atoms with Crippen LogP contribution in [0, 0.1) is 6.92 Å². The van der Waals surface area contributed by atoms with Crippen LogP contribution >= 0.6 is 15.9 Å². The molecule has 0 atom stereocenters. The molecule has 1 aromatic carbocycles. The number of rotatable bonds is 6. The van der Waals surface area contributed by atoms with Crippen molar-refractivity contribution in [3.63, 3.8) is 0 Å². The van der Waals surface area contributed by atoms with Crippen LogP contribution in [-0.2, 0) is 4.79 Å². The molecule has 0 spiro atoms. The number of anilines is 1. The number of amides is 1. The molecule has 3 heteroatoms. The number of aryl methyl sites for hydroxylation is 1. The Hall–Kier alpha value is -0.830. The zero-order valence-electron chi connectivity index (χ0n) is 10.6. The molecule has 2 nitrogen and oxygen atoms in total. The summed E-state index contributed by atoms with van der Waals surface area (Å²) in [5.74, 6) is 0.104. The summed E-state index contributed by atoms with van der Waals surface area (Å²) in [5, 5.41) is 2.94. The lowest BCUT2D eigenvalue weighted by molar-refractivity contribution is -0.116. The lowest BCUT2D eigenvalue weighted by Crippen LogP contribution is -2.11. The van der Waals surface area contributed by atoms with Crippen LogP contribution in [0.25, 0.3) is 0 Å². The van der Waals surface area contributed by atoms with E-state index in [0.29, 0.717) is 6.42 Å². The predicted molar refractivity (Wildman–Crippen MR) is 76.3 cm³/mol. The number of nitrogens with one attached hydrogen (secondary N) is 1. The molecule has 0 aliphatic carbocycles. The standard InChI is InChI=1S/C14H20BrNO/c1-3-4-5-6-7-14(17)16-13-10-11(2)8-9-12(13)15/h8-10H,3-7H2,1-2H3,(H,16,17). The highest BCUT2D eigenvalue weighted by Crippen LogP contribution is 2.23. The number of carbonyl (C=O) groups excluding carboxylic acids is 1. The van der Waals surface area contributed by atoms with Crippen LogP contribution in [0.15, 0.2) is 22.7 Å². The van der Waals surface area contributed by atoms with Gasteiger partial charge in [-0.3, -0.25) is 4.79 Å². The summed E-state index contributed by atoms with van der Waals surface area (Å²) in [6.45, 7) is 4.19. The molecule has 0 bridgehead atoms. The fraction of sp³-hybridized carbons (Fsp3) is 0.500. The molecule has 0 aliphatic rings. The molecule has 1 amide bonds. The molecule has 0 saturated heterocycles. The summed E-state index contributed by atoms with van der Waals surface area (Å²) in [6, 6.07) is 5.96. The third-order valence-electron chi connectivity index (χ3n) is 2.65. The molecule has 0 unspecified atom stereocenters. The van der Waals surface area contributed by atoms with Gasteiger partial charge in [-0.25, -0.2) is 0 Å². The average molecular weight is 298 g/mol. The Balaban J connectivity index is 2.42. The largest absolute Gasteiger partial charge is 0.325 e. The Morgan fingerprint density at radius 3 is 2.76 bits per heavy atom. The van der Waals surface area contributed by atoms with Gasteiger partial charge in [0.15, 0.2) is 0 Å². The van der Waals surface area contributed by atoms with Crippen molar-refractivity contribution in [3.05, 3.63) is 28.2 Å². The monoisotopic (exact) mass is 297 g/mol. The Kier molecular flexibility index (Phi) is 6.27. The third-order valence-corrected chi connectivity index (χ3v) is 3.34. The van der Waals surface area contributed by atoms with Crippen LogP contribution in [0.1, 0.15) is 44.6 Å². The second kappa shape index (κ2) is 7.49. The van der Waals surface area contributed by atoms with Gasteiger partial charge in [-0.15, -0.1) is 0 Å². The Labute approximate surface area is 112 Å². The van der Waals surface area contributed by atoms with E-state index < -0.39 is 0 Å². The van der Waals surface area contributed by atoms with Gasteiger partial charge < -0.3 is 5.32 Å². The van der Waals surface area contributed by atoms with Crippen molar-refractivity contribution < 1.29 is 4.79 Å². The van der Waals surface area contributed by atoms with Crippen LogP contribution < -0.4 is 5.32 Å². The van der Waals surface area contributed by atoms with Crippen LogP contribution in [0.3, 0.4) is 0 Å². The van der Waals surface area contributed by atoms with Crippen molar-refractivity contribution in [1.82, 2.24) is 0 Å². The van der Waals surface area contributed by atoms with Gasteiger partial charge in [0, 0.05) is 10.9 Å². The van der Waals surface area contributed by atoms with Gasteiger partial charge >= 0.3 is 0 Å². The van der Waals surface area contributed by atoms with E-state index in [-0.39, 0.29) is 5.91 Å². The van der Waals surface area contributed by atoms with Crippen LogP contribution in [0.4, 0.5) is 5.69 Å². The molecule has 0 aromatic heterocycles.